The molecule has 0 amide bonds. The summed E-state index contributed by atoms with van der Waals surface area (Å²) in [5.41, 5.74) is 2.86. The Labute approximate surface area is 121 Å². The minimum Gasteiger partial charge on any atom is -0.463 e. The Morgan fingerprint density at radius 2 is 2.24 bits per heavy atom. The number of methoxy groups -OCH3 is 1. The number of imidazole rings is 1. The molecule has 21 heavy (non-hydrogen) atoms. The van der Waals surface area contributed by atoms with Gasteiger partial charge < -0.3 is 19.5 Å². The lowest BCUT2D eigenvalue weighted by Crippen LogP contribution is -2.00. The Morgan fingerprint density at radius 1 is 1.38 bits per heavy atom. The number of carbonyl (C=O) groups excluding carboxylic acids is 1. The van der Waals surface area contributed by atoms with Crippen molar-refractivity contribution in [1.29, 1.82) is 0 Å². The molecule has 0 atom stereocenters. The van der Waals surface area contributed by atoms with Crippen LogP contribution in [0.2, 0.25) is 0 Å². The van der Waals surface area contributed by atoms with E-state index < -0.39 is 5.97 Å². The molecule has 0 fully saturated rings. The molecule has 3 aromatic rings. The van der Waals surface area contributed by atoms with Crippen molar-refractivity contribution in [2.75, 3.05) is 12.4 Å². The molecule has 2 heterocycles. The molecule has 0 aliphatic heterocycles. The van der Waals surface area contributed by atoms with Crippen LogP contribution in [0.5, 0.6) is 0 Å². The third kappa shape index (κ3) is 2.74. The van der Waals surface area contributed by atoms with Gasteiger partial charge in [0.15, 0.2) is 0 Å². The molecule has 2 aromatic heterocycles. The highest BCUT2D eigenvalue weighted by atomic mass is 16.5. The Balaban J connectivity index is 1.70. The number of aromatic amines is 1. The maximum atomic E-state index is 11.3. The Hall–Kier alpha value is -2.76. The van der Waals surface area contributed by atoms with Crippen molar-refractivity contribution in [2.45, 2.75) is 13.5 Å². The fourth-order valence-corrected chi connectivity index (χ4v) is 2.12. The highest BCUT2D eigenvalue weighted by Crippen LogP contribution is 2.18. The first-order chi connectivity index (χ1) is 10.2. The van der Waals surface area contributed by atoms with E-state index in [1.54, 1.807) is 12.1 Å². The summed E-state index contributed by atoms with van der Waals surface area (Å²) in [5, 5.41) is 3.24. The topological polar surface area (TPSA) is 80.1 Å². The lowest BCUT2D eigenvalue weighted by atomic mass is 10.2. The third-order valence-corrected chi connectivity index (χ3v) is 3.12. The first-order valence-electron chi connectivity index (χ1n) is 6.53. The molecule has 0 saturated heterocycles. The van der Waals surface area contributed by atoms with E-state index in [4.69, 9.17) is 4.42 Å². The predicted octanol–water partition coefficient (Wildman–Crippen LogP) is 2.86. The number of benzene rings is 1. The summed E-state index contributed by atoms with van der Waals surface area (Å²) in [6.07, 6.45) is 0. The summed E-state index contributed by atoms with van der Waals surface area (Å²) in [6.45, 7) is 2.40. The van der Waals surface area contributed by atoms with Crippen molar-refractivity contribution >= 4 is 22.7 Å². The number of esters is 1. The lowest BCUT2D eigenvalue weighted by molar-refractivity contribution is 0.0563. The van der Waals surface area contributed by atoms with Crippen LogP contribution in [-0.2, 0) is 11.3 Å². The fourth-order valence-electron chi connectivity index (χ4n) is 2.12. The molecule has 0 bridgehead atoms. The molecule has 0 radical (unpaired) electrons. The minimum absolute atomic E-state index is 0.203. The van der Waals surface area contributed by atoms with Gasteiger partial charge in [0.1, 0.15) is 11.6 Å². The zero-order valence-electron chi connectivity index (χ0n) is 11.8. The van der Waals surface area contributed by atoms with Crippen molar-refractivity contribution in [3.05, 3.63) is 47.7 Å². The van der Waals surface area contributed by atoms with Crippen LogP contribution in [0.1, 0.15) is 22.1 Å². The van der Waals surface area contributed by atoms with Crippen molar-refractivity contribution in [3.63, 3.8) is 0 Å². The number of hydrogen-bond acceptors (Lipinski definition) is 5. The van der Waals surface area contributed by atoms with Gasteiger partial charge in [0, 0.05) is 5.69 Å². The van der Waals surface area contributed by atoms with Crippen LogP contribution in [0.15, 0.2) is 34.7 Å². The normalized spacial score (nSPS) is 10.8. The Morgan fingerprint density at radius 3 is 3.05 bits per heavy atom. The molecule has 1 aromatic carbocycles. The van der Waals surface area contributed by atoms with Gasteiger partial charge in [-0.1, -0.05) is 0 Å². The van der Waals surface area contributed by atoms with Gasteiger partial charge in [0.05, 0.1) is 24.7 Å². The van der Waals surface area contributed by atoms with Crippen molar-refractivity contribution < 1.29 is 13.9 Å². The minimum atomic E-state index is -0.476. The first kappa shape index (κ1) is 13.2. The van der Waals surface area contributed by atoms with Gasteiger partial charge in [0.25, 0.3) is 0 Å². The van der Waals surface area contributed by atoms with Crippen molar-refractivity contribution in [2.24, 2.45) is 0 Å². The second kappa shape index (κ2) is 5.32. The van der Waals surface area contributed by atoms with Gasteiger partial charge in [-0.05, 0) is 37.3 Å². The quantitative estimate of drug-likeness (QED) is 0.720. The molecule has 0 spiro atoms. The van der Waals surface area contributed by atoms with Gasteiger partial charge >= 0.3 is 5.97 Å². The summed E-state index contributed by atoms with van der Waals surface area (Å²) in [6, 6.07) is 9.23. The van der Waals surface area contributed by atoms with Crippen LogP contribution < -0.4 is 5.32 Å². The largest absolute Gasteiger partial charge is 0.463 e. The van der Waals surface area contributed by atoms with E-state index in [1.807, 2.05) is 25.1 Å². The molecule has 2 N–H and O–H groups in total. The zero-order valence-corrected chi connectivity index (χ0v) is 11.8. The fraction of sp³-hybridized carbons (Fsp3) is 0.200. The number of fused-ring (bicyclic) bond motifs is 1. The maximum absolute atomic E-state index is 11.3. The zero-order chi connectivity index (χ0) is 14.8. The SMILES string of the molecule is COC(=O)c1ccc(CNc2ccc3nc(C)[nH]c3c2)o1. The van der Waals surface area contributed by atoms with Crippen LogP contribution in [0.25, 0.3) is 11.0 Å². The van der Waals surface area contributed by atoms with Crippen molar-refractivity contribution in [3.8, 4) is 0 Å². The van der Waals surface area contributed by atoms with E-state index in [9.17, 15) is 4.79 Å². The molecule has 3 rings (SSSR count). The third-order valence-electron chi connectivity index (χ3n) is 3.12. The molecule has 108 valence electrons. The number of ether oxygens (including phenoxy) is 1. The number of nitrogens with one attached hydrogen (secondary N) is 2. The predicted molar refractivity (Wildman–Crippen MR) is 78.2 cm³/mol. The molecular weight excluding hydrogens is 270 g/mol. The number of anilines is 1. The first-order valence-corrected chi connectivity index (χ1v) is 6.53. The summed E-state index contributed by atoms with van der Waals surface area (Å²) < 4.78 is 9.99. The average Bonchev–Trinajstić information content (AvgIpc) is 3.09. The monoisotopic (exact) mass is 285 g/mol. The number of aromatic nitrogens is 2. The van der Waals surface area contributed by atoms with E-state index >= 15 is 0 Å². The van der Waals surface area contributed by atoms with E-state index in [2.05, 4.69) is 20.0 Å². The number of carbonyl (C=O) groups is 1. The molecule has 0 aliphatic carbocycles. The van der Waals surface area contributed by atoms with E-state index in [-0.39, 0.29) is 5.76 Å². The summed E-state index contributed by atoms with van der Waals surface area (Å²) >= 11 is 0. The highest BCUT2D eigenvalue weighted by Gasteiger charge is 2.10. The molecule has 6 heteroatoms. The Bertz CT molecular complexity index is 788. The van der Waals surface area contributed by atoms with Gasteiger partial charge in [-0.25, -0.2) is 9.78 Å². The van der Waals surface area contributed by atoms with Crippen LogP contribution >= 0.6 is 0 Å². The van der Waals surface area contributed by atoms with Gasteiger partial charge in [0.2, 0.25) is 5.76 Å². The number of rotatable bonds is 4. The smallest absolute Gasteiger partial charge is 0.373 e. The van der Waals surface area contributed by atoms with Gasteiger partial charge in [-0.15, -0.1) is 0 Å². The van der Waals surface area contributed by atoms with Crippen LogP contribution in [-0.4, -0.2) is 23.0 Å². The highest BCUT2D eigenvalue weighted by molar-refractivity contribution is 5.86. The second-order valence-electron chi connectivity index (χ2n) is 4.67. The van der Waals surface area contributed by atoms with E-state index in [1.165, 1.54) is 7.11 Å². The van der Waals surface area contributed by atoms with Crippen LogP contribution in [0.3, 0.4) is 0 Å². The lowest BCUT2D eigenvalue weighted by Gasteiger charge is -2.04. The summed E-state index contributed by atoms with van der Waals surface area (Å²) in [4.78, 5) is 18.8. The second-order valence-corrected chi connectivity index (χ2v) is 4.67. The van der Waals surface area contributed by atoms with E-state index in [0.29, 0.717) is 12.3 Å². The average molecular weight is 285 g/mol. The molecule has 0 unspecified atom stereocenters. The summed E-state index contributed by atoms with van der Waals surface area (Å²) in [7, 11) is 1.32. The standard InChI is InChI=1S/C15H15N3O3/c1-9-17-12-5-3-10(7-13(12)18-9)16-8-11-4-6-14(21-11)15(19)20-2/h3-7,16H,8H2,1-2H3,(H,17,18). The van der Waals surface area contributed by atoms with Crippen LogP contribution in [0, 0.1) is 6.92 Å². The molecular formula is C15H15N3O3. The van der Waals surface area contributed by atoms with E-state index in [0.717, 1.165) is 22.5 Å². The van der Waals surface area contributed by atoms with Crippen LogP contribution in [0.4, 0.5) is 5.69 Å². The number of furan rings is 1. The number of nitrogens with zero attached hydrogens (tertiary/aromatic N) is 1. The molecule has 0 aliphatic rings. The number of H-pyrrole nitrogens is 1. The maximum Gasteiger partial charge on any atom is 0.373 e. The number of hydrogen-bond donors (Lipinski definition) is 2. The van der Waals surface area contributed by atoms with Gasteiger partial charge in [-0.3, -0.25) is 0 Å². The molecule has 0 saturated carbocycles. The van der Waals surface area contributed by atoms with Crippen molar-refractivity contribution in [1.82, 2.24) is 9.97 Å². The molecule has 6 nitrogen and oxygen atoms in total. The summed E-state index contributed by atoms with van der Waals surface area (Å²) in [5.74, 6) is 1.27. The van der Waals surface area contributed by atoms with Gasteiger partial charge in [-0.2, -0.15) is 0 Å². The number of aryl methyl sites for hydroxylation is 1. The Kier molecular flexibility index (Phi) is 3.35.